The molecular formula is C18H15ClN2O2S2. The van der Waals surface area contributed by atoms with E-state index in [1.54, 1.807) is 11.8 Å². The van der Waals surface area contributed by atoms with Crippen molar-refractivity contribution in [3.05, 3.63) is 58.4 Å². The summed E-state index contributed by atoms with van der Waals surface area (Å²) in [6.07, 6.45) is 1.99. The second-order valence-corrected chi connectivity index (χ2v) is 7.51. The summed E-state index contributed by atoms with van der Waals surface area (Å²) in [4.78, 5) is 25.8. The van der Waals surface area contributed by atoms with Gasteiger partial charge in [-0.2, -0.15) is 0 Å². The fraction of sp³-hybridized carbons (Fsp3) is 0.111. The number of thiophene rings is 1. The first-order chi connectivity index (χ1) is 12.1. The van der Waals surface area contributed by atoms with E-state index >= 15 is 0 Å². The molecule has 0 spiro atoms. The van der Waals surface area contributed by atoms with Gasteiger partial charge in [0.25, 0.3) is 5.91 Å². The highest BCUT2D eigenvalue weighted by molar-refractivity contribution is 7.98. The summed E-state index contributed by atoms with van der Waals surface area (Å²) in [5, 5.41) is 6.63. The third-order valence-corrected chi connectivity index (χ3v) is 5.94. The number of thioether (sulfide) groups is 1. The van der Waals surface area contributed by atoms with Gasteiger partial charge in [-0.25, -0.2) is 0 Å². The molecule has 0 saturated carbocycles. The Morgan fingerprint density at radius 1 is 1.12 bits per heavy atom. The van der Waals surface area contributed by atoms with E-state index in [-0.39, 0.29) is 18.4 Å². The van der Waals surface area contributed by atoms with Crippen molar-refractivity contribution < 1.29 is 9.59 Å². The Bertz CT molecular complexity index is 922. The second-order valence-electron chi connectivity index (χ2n) is 5.20. The molecule has 2 aromatic carbocycles. The van der Waals surface area contributed by atoms with E-state index in [9.17, 15) is 9.59 Å². The van der Waals surface area contributed by atoms with Gasteiger partial charge in [0.2, 0.25) is 5.91 Å². The minimum absolute atomic E-state index is 0.117. The zero-order chi connectivity index (χ0) is 17.8. The van der Waals surface area contributed by atoms with E-state index in [0.717, 1.165) is 15.0 Å². The van der Waals surface area contributed by atoms with E-state index in [2.05, 4.69) is 10.6 Å². The van der Waals surface area contributed by atoms with Gasteiger partial charge in [0, 0.05) is 20.7 Å². The maximum Gasteiger partial charge on any atom is 0.263 e. The number of nitrogens with one attached hydrogen (secondary N) is 2. The number of carbonyl (C=O) groups is 2. The fourth-order valence-corrected chi connectivity index (χ4v) is 4.12. The third-order valence-electron chi connectivity index (χ3n) is 3.52. The van der Waals surface area contributed by atoms with Crippen LogP contribution in [0.3, 0.4) is 0 Å². The summed E-state index contributed by atoms with van der Waals surface area (Å²) >= 11 is 9.22. The molecule has 0 unspecified atom stereocenters. The van der Waals surface area contributed by atoms with E-state index in [4.69, 9.17) is 11.6 Å². The predicted octanol–water partition coefficient (Wildman–Crippen LogP) is 4.65. The standard InChI is InChI=1S/C18H15ClN2O2S2/c1-24-12-8-6-11(7-9-12)21-15(22)10-20-18(23)17-16(19)13-4-2-3-5-14(13)25-17/h2-9H,10H2,1H3,(H,20,23)(H,21,22). The molecule has 2 amide bonds. The van der Waals surface area contributed by atoms with Gasteiger partial charge in [-0.3, -0.25) is 9.59 Å². The van der Waals surface area contributed by atoms with Crippen molar-refractivity contribution in [2.75, 3.05) is 18.1 Å². The summed E-state index contributed by atoms with van der Waals surface area (Å²) in [5.41, 5.74) is 0.692. The molecule has 3 rings (SSSR count). The van der Waals surface area contributed by atoms with Gasteiger partial charge in [0.1, 0.15) is 4.88 Å². The van der Waals surface area contributed by atoms with Gasteiger partial charge in [0.05, 0.1) is 11.6 Å². The average Bonchev–Trinajstić information content (AvgIpc) is 2.97. The molecule has 128 valence electrons. The number of hydrogen-bond donors (Lipinski definition) is 2. The molecule has 7 heteroatoms. The molecule has 0 radical (unpaired) electrons. The topological polar surface area (TPSA) is 58.2 Å². The monoisotopic (exact) mass is 390 g/mol. The van der Waals surface area contributed by atoms with Crippen LogP contribution in [0.5, 0.6) is 0 Å². The van der Waals surface area contributed by atoms with Gasteiger partial charge in [0.15, 0.2) is 0 Å². The van der Waals surface area contributed by atoms with Crippen LogP contribution in [0.1, 0.15) is 9.67 Å². The minimum atomic E-state index is -0.348. The summed E-state index contributed by atoms with van der Waals surface area (Å²) in [6.45, 7) is -0.117. The largest absolute Gasteiger partial charge is 0.342 e. The molecule has 0 saturated heterocycles. The fourth-order valence-electron chi connectivity index (χ4n) is 2.28. The Kier molecular flexibility index (Phi) is 5.63. The number of carbonyl (C=O) groups excluding carboxylic acids is 2. The zero-order valence-electron chi connectivity index (χ0n) is 13.3. The molecule has 0 aliphatic heterocycles. The number of rotatable bonds is 5. The number of hydrogen-bond acceptors (Lipinski definition) is 4. The van der Waals surface area contributed by atoms with Crippen LogP contribution in [0.4, 0.5) is 5.69 Å². The maximum atomic E-state index is 12.3. The van der Waals surface area contributed by atoms with Crippen LogP contribution in [0, 0.1) is 0 Å². The summed E-state index contributed by atoms with van der Waals surface area (Å²) in [6, 6.07) is 15.1. The third kappa shape index (κ3) is 4.15. The van der Waals surface area contributed by atoms with Crippen molar-refractivity contribution in [1.82, 2.24) is 5.32 Å². The van der Waals surface area contributed by atoms with Crippen molar-refractivity contribution >= 4 is 62.3 Å². The Balaban J connectivity index is 1.60. The molecule has 0 bridgehead atoms. The molecule has 1 aromatic heterocycles. The highest BCUT2D eigenvalue weighted by Crippen LogP contribution is 2.34. The zero-order valence-corrected chi connectivity index (χ0v) is 15.7. The van der Waals surface area contributed by atoms with Crippen LogP contribution < -0.4 is 10.6 Å². The van der Waals surface area contributed by atoms with Crippen molar-refractivity contribution in [2.45, 2.75) is 4.90 Å². The molecule has 0 aliphatic rings. The first kappa shape index (κ1) is 17.8. The molecule has 0 fully saturated rings. The number of amides is 2. The quantitative estimate of drug-likeness (QED) is 0.623. The highest BCUT2D eigenvalue weighted by Gasteiger charge is 2.17. The highest BCUT2D eigenvalue weighted by atomic mass is 35.5. The molecule has 0 aliphatic carbocycles. The normalized spacial score (nSPS) is 10.6. The molecule has 1 heterocycles. The van der Waals surface area contributed by atoms with Gasteiger partial charge >= 0.3 is 0 Å². The van der Waals surface area contributed by atoms with Crippen LogP contribution in [-0.4, -0.2) is 24.6 Å². The van der Waals surface area contributed by atoms with E-state index in [1.165, 1.54) is 11.3 Å². The summed E-state index contributed by atoms with van der Waals surface area (Å²) in [7, 11) is 0. The SMILES string of the molecule is CSc1ccc(NC(=O)CNC(=O)c2sc3ccccc3c2Cl)cc1. The van der Waals surface area contributed by atoms with Crippen molar-refractivity contribution in [1.29, 1.82) is 0 Å². The number of anilines is 1. The number of halogens is 1. The van der Waals surface area contributed by atoms with Gasteiger partial charge in [-0.1, -0.05) is 29.8 Å². The van der Waals surface area contributed by atoms with Crippen LogP contribution in [0.25, 0.3) is 10.1 Å². The first-order valence-electron chi connectivity index (χ1n) is 7.47. The molecule has 3 aromatic rings. The van der Waals surface area contributed by atoms with E-state index in [1.807, 2.05) is 54.8 Å². The second kappa shape index (κ2) is 7.91. The Morgan fingerprint density at radius 3 is 2.52 bits per heavy atom. The van der Waals surface area contributed by atoms with Gasteiger partial charge in [-0.15, -0.1) is 23.1 Å². The molecule has 0 atom stereocenters. The average molecular weight is 391 g/mol. The maximum absolute atomic E-state index is 12.3. The summed E-state index contributed by atoms with van der Waals surface area (Å²) < 4.78 is 0.941. The van der Waals surface area contributed by atoms with Crippen LogP contribution in [-0.2, 0) is 4.79 Å². The lowest BCUT2D eigenvalue weighted by Gasteiger charge is -2.07. The predicted molar refractivity (Wildman–Crippen MR) is 106 cm³/mol. The van der Waals surface area contributed by atoms with Crippen molar-refractivity contribution in [2.24, 2.45) is 0 Å². The number of benzene rings is 2. The van der Waals surface area contributed by atoms with Crippen molar-refractivity contribution in [3.8, 4) is 0 Å². The van der Waals surface area contributed by atoms with E-state index in [0.29, 0.717) is 15.6 Å². The lowest BCUT2D eigenvalue weighted by atomic mass is 10.2. The molecule has 2 N–H and O–H groups in total. The lowest BCUT2D eigenvalue weighted by Crippen LogP contribution is -2.32. The molecule has 4 nitrogen and oxygen atoms in total. The Morgan fingerprint density at radius 2 is 1.84 bits per heavy atom. The first-order valence-corrected chi connectivity index (χ1v) is 9.89. The Hall–Kier alpha value is -2.02. The Labute approximate surface area is 158 Å². The van der Waals surface area contributed by atoms with Crippen LogP contribution in [0.2, 0.25) is 5.02 Å². The van der Waals surface area contributed by atoms with Crippen molar-refractivity contribution in [3.63, 3.8) is 0 Å². The van der Waals surface area contributed by atoms with Crippen LogP contribution in [0.15, 0.2) is 53.4 Å². The van der Waals surface area contributed by atoms with Gasteiger partial charge < -0.3 is 10.6 Å². The minimum Gasteiger partial charge on any atom is -0.342 e. The van der Waals surface area contributed by atoms with E-state index < -0.39 is 0 Å². The lowest BCUT2D eigenvalue weighted by molar-refractivity contribution is -0.115. The molecule has 25 heavy (non-hydrogen) atoms. The number of fused-ring (bicyclic) bond motifs is 1. The van der Waals surface area contributed by atoms with Gasteiger partial charge in [-0.05, 0) is 36.6 Å². The molecular weight excluding hydrogens is 376 g/mol. The summed E-state index contributed by atoms with van der Waals surface area (Å²) in [5.74, 6) is -0.637. The van der Waals surface area contributed by atoms with Crippen LogP contribution >= 0.6 is 34.7 Å². The smallest absolute Gasteiger partial charge is 0.263 e.